The van der Waals surface area contributed by atoms with Crippen molar-refractivity contribution in [3.63, 3.8) is 0 Å². The van der Waals surface area contributed by atoms with E-state index in [-0.39, 0.29) is 5.78 Å². The number of methoxy groups -OCH3 is 1. The predicted octanol–water partition coefficient (Wildman–Crippen LogP) is 2.53. The second kappa shape index (κ2) is 5.53. The summed E-state index contributed by atoms with van der Waals surface area (Å²) in [7, 11) is 1.61. The van der Waals surface area contributed by atoms with E-state index in [9.17, 15) is 4.79 Å². The summed E-state index contributed by atoms with van der Waals surface area (Å²) >= 11 is 0. The number of hydrogen-bond donors (Lipinski definition) is 0. The summed E-state index contributed by atoms with van der Waals surface area (Å²) in [6.45, 7) is 6.79. The fourth-order valence-electron chi connectivity index (χ4n) is 2.49. The van der Waals surface area contributed by atoms with E-state index in [0.717, 1.165) is 18.7 Å². The molecule has 1 atom stereocenters. The first-order valence-electron chi connectivity index (χ1n) is 6.50. The fourth-order valence-corrected chi connectivity index (χ4v) is 2.49. The van der Waals surface area contributed by atoms with Crippen LogP contribution in [-0.2, 0) is 0 Å². The highest BCUT2D eigenvalue weighted by Gasteiger charge is 2.22. The van der Waals surface area contributed by atoms with Gasteiger partial charge in [0.15, 0.2) is 5.78 Å². The number of ketones is 1. The van der Waals surface area contributed by atoms with Crippen molar-refractivity contribution < 1.29 is 9.53 Å². The minimum absolute atomic E-state index is 0.154. The molecule has 1 fully saturated rings. The Morgan fingerprint density at radius 3 is 2.89 bits per heavy atom. The number of carbonyl (C=O) groups is 1. The largest absolute Gasteiger partial charge is 0.496 e. The Hall–Kier alpha value is -1.35. The van der Waals surface area contributed by atoms with Crippen LogP contribution in [0, 0.1) is 12.8 Å². The number of nitrogens with zero attached hydrogens (tertiary/aromatic N) is 1. The molecule has 0 aliphatic carbocycles. The quantitative estimate of drug-likeness (QED) is 0.766. The van der Waals surface area contributed by atoms with Gasteiger partial charge in [0, 0.05) is 6.54 Å². The molecule has 0 amide bonds. The van der Waals surface area contributed by atoms with E-state index in [1.165, 1.54) is 6.42 Å². The van der Waals surface area contributed by atoms with Gasteiger partial charge in [0.1, 0.15) is 5.75 Å². The number of ether oxygens (including phenoxy) is 1. The second-order valence-electron chi connectivity index (χ2n) is 5.26. The number of carbonyl (C=O) groups excluding carboxylic acids is 1. The Kier molecular flexibility index (Phi) is 4.02. The van der Waals surface area contributed by atoms with Crippen LogP contribution in [0.4, 0.5) is 0 Å². The van der Waals surface area contributed by atoms with Gasteiger partial charge in [-0.15, -0.1) is 0 Å². The molecule has 0 bridgehead atoms. The van der Waals surface area contributed by atoms with E-state index in [1.807, 2.05) is 25.1 Å². The zero-order valence-corrected chi connectivity index (χ0v) is 11.4. The number of Topliss-reactive ketones (excluding diaryl/α,β-unsaturated/α-hetero) is 1. The first-order chi connectivity index (χ1) is 8.60. The summed E-state index contributed by atoms with van der Waals surface area (Å²) in [5.74, 6) is 1.55. The first-order valence-corrected chi connectivity index (χ1v) is 6.50. The lowest BCUT2D eigenvalue weighted by atomic mass is 10.1. The normalized spacial score (nSPS) is 20.1. The summed E-state index contributed by atoms with van der Waals surface area (Å²) in [5.41, 5.74) is 1.81. The standard InChI is InChI=1S/C15H21NO2/c1-11-4-5-13(15(8-11)18-3)14(17)10-16-7-6-12(2)9-16/h4-5,8,12H,6-7,9-10H2,1-3H3. The van der Waals surface area contributed by atoms with Crippen LogP contribution in [0.3, 0.4) is 0 Å². The Morgan fingerprint density at radius 2 is 2.28 bits per heavy atom. The van der Waals surface area contributed by atoms with Gasteiger partial charge < -0.3 is 4.74 Å². The molecule has 0 radical (unpaired) electrons. The average molecular weight is 247 g/mol. The van der Waals surface area contributed by atoms with Crippen LogP contribution in [0.5, 0.6) is 5.75 Å². The van der Waals surface area contributed by atoms with Crippen LogP contribution in [-0.4, -0.2) is 37.4 Å². The molecule has 0 aromatic heterocycles. The summed E-state index contributed by atoms with van der Waals surface area (Å²) in [4.78, 5) is 14.5. The number of likely N-dealkylation sites (tertiary alicyclic amines) is 1. The molecule has 0 saturated carbocycles. The van der Waals surface area contributed by atoms with Gasteiger partial charge in [-0.25, -0.2) is 0 Å². The van der Waals surface area contributed by atoms with Crippen LogP contribution in [0.15, 0.2) is 18.2 Å². The molecule has 18 heavy (non-hydrogen) atoms. The molecule has 3 nitrogen and oxygen atoms in total. The summed E-state index contributed by atoms with van der Waals surface area (Å²) in [6, 6.07) is 5.75. The average Bonchev–Trinajstić information content (AvgIpc) is 2.74. The number of rotatable bonds is 4. The van der Waals surface area contributed by atoms with Gasteiger partial charge in [-0.1, -0.05) is 13.0 Å². The number of hydrogen-bond acceptors (Lipinski definition) is 3. The number of benzene rings is 1. The van der Waals surface area contributed by atoms with Gasteiger partial charge in [-0.3, -0.25) is 9.69 Å². The molecule has 0 spiro atoms. The van der Waals surface area contributed by atoms with Crippen molar-refractivity contribution in [3.8, 4) is 5.75 Å². The molecular formula is C15H21NO2. The summed E-state index contributed by atoms with van der Waals surface area (Å²) in [5, 5.41) is 0. The monoisotopic (exact) mass is 247 g/mol. The molecule has 1 heterocycles. The molecule has 98 valence electrons. The van der Waals surface area contributed by atoms with Crippen molar-refractivity contribution in [2.24, 2.45) is 5.92 Å². The maximum Gasteiger partial charge on any atom is 0.180 e. The molecule has 1 saturated heterocycles. The molecule has 2 rings (SSSR count). The molecule has 3 heteroatoms. The van der Waals surface area contributed by atoms with Crippen LogP contribution >= 0.6 is 0 Å². The van der Waals surface area contributed by atoms with Crippen molar-refractivity contribution in [2.75, 3.05) is 26.7 Å². The fraction of sp³-hybridized carbons (Fsp3) is 0.533. The van der Waals surface area contributed by atoms with E-state index in [1.54, 1.807) is 7.11 Å². The van der Waals surface area contributed by atoms with Crippen LogP contribution < -0.4 is 4.74 Å². The Balaban J connectivity index is 2.09. The van der Waals surface area contributed by atoms with Gasteiger partial charge in [0.25, 0.3) is 0 Å². The summed E-state index contributed by atoms with van der Waals surface area (Å²) in [6.07, 6.45) is 1.19. The molecule has 1 aromatic rings. The van der Waals surface area contributed by atoms with Crippen molar-refractivity contribution in [3.05, 3.63) is 29.3 Å². The lowest BCUT2D eigenvalue weighted by Crippen LogP contribution is -2.27. The maximum absolute atomic E-state index is 12.3. The van der Waals surface area contributed by atoms with Crippen molar-refractivity contribution in [2.45, 2.75) is 20.3 Å². The van der Waals surface area contributed by atoms with E-state index in [0.29, 0.717) is 23.8 Å². The minimum atomic E-state index is 0.154. The topological polar surface area (TPSA) is 29.5 Å². The Morgan fingerprint density at radius 1 is 1.50 bits per heavy atom. The molecule has 1 aliphatic rings. The highest BCUT2D eigenvalue weighted by Crippen LogP contribution is 2.22. The molecule has 1 aliphatic heterocycles. The van der Waals surface area contributed by atoms with Gasteiger partial charge in [-0.2, -0.15) is 0 Å². The molecule has 1 unspecified atom stereocenters. The smallest absolute Gasteiger partial charge is 0.180 e. The molecule has 1 aromatic carbocycles. The van der Waals surface area contributed by atoms with Crippen molar-refractivity contribution in [1.82, 2.24) is 4.90 Å². The van der Waals surface area contributed by atoms with Gasteiger partial charge in [0.05, 0.1) is 19.2 Å². The zero-order valence-electron chi connectivity index (χ0n) is 11.4. The van der Waals surface area contributed by atoms with Crippen molar-refractivity contribution in [1.29, 1.82) is 0 Å². The zero-order chi connectivity index (χ0) is 13.1. The van der Waals surface area contributed by atoms with E-state index < -0.39 is 0 Å². The van der Waals surface area contributed by atoms with Gasteiger partial charge in [0.2, 0.25) is 0 Å². The summed E-state index contributed by atoms with van der Waals surface area (Å²) < 4.78 is 5.29. The first kappa shape index (κ1) is 13.1. The third-order valence-corrected chi connectivity index (χ3v) is 3.53. The lowest BCUT2D eigenvalue weighted by molar-refractivity contribution is 0.0940. The van der Waals surface area contributed by atoms with Crippen molar-refractivity contribution >= 4 is 5.78 Å². The maximum atomic E-state index is 12.3. The van der Waals surface area contributed by atoms with E-state index in [4.69, 9.17) is 4.74 Å². The minimum Gasteiger partial charge on any atom is -0.496 e. The SMILES string of the molecule is COc1cc(C)ccc1C(=O)CN1CCC(C)C1. The van der Waals surface area contributed by atoms with E-state index in [2.05, 4.69) is 11.8 Å². The van der Waals surface area contributed by atoms with E-state index >= 15 is 0 Å². The van der Waals surface area contributed by atoms with Crippen LogP contribution in [0.2, 0.25) is 0 Å². The lowest BCUT2D eigenvalue weighted by Gasteiger charge is -2.15. The highest BCUT2D eigenvalue weighted by atomic mass is 16.5. The third kappa shape index (κ3) is 2.91. The van der Waals surface area contributed by atoms with Gasteiger partial charge in [-0.05, 0) is 43.5 Å². The highest BCUT2D eigenvalue weighted by molar-refractivity contribution is 6.00. The predicted molar refractivity (Wildman–Crippen MR) is 72.3 cm³/mol. The molecule has 0 N–H and O–H groups in total. The van der Waals surface area contributed by atoms with Gasteiger partial charge >= 0.3 is 0 Å². The second-order valence-corrected chi connectivity index (χ2v) is 5.26. The Labute approximate surface area is 109 Å². The van der Waals surface area contributed by atoms with Crippen LogP contribution in [0.25, 0.3) is 0 Å². The number of aryl methyl sites for hydroxylation is 1. The molecular weight excluding hydrogens is 226 g/mol. The van der Waals surface area contributed by atoms with Crippen LogP contribution in [0.1, 0.15) is 29.3 Å². The third-order valence-electron chi connectivity index (χ3n) is 3.53. The Bertz CT molecular complexity index is 442.